The van der Waals surface area contributed by atoms with Gasteiger partial charge in [0.05, 0.1) is 13.2 Å². The van der Waals surface area contributed by atoms with E-state index in [0.717, 1.165) is 29.1 Å². The number of amides is 1. The van der Waals surface area contributed by atoms with Crippen molar-refractivity contribution in [3.63, 3.8) is 0 Å². The van der Waals surface area contributed by atoms with Crippen molar-refractivity contribution in [1.29, 1.82) is 0 Å². The Bertz CT molecular complexity index is 711. The largest absolute Gasteiger partial charge is 0.494 e. The van der Waals surface area contributed by atoms with Gasteiger partial charge in [0.15, 0.2) is 0 Å². The number of hydrogen-bond donors (Lipinski definition) is 2. The van der Waals surface area contributed by atoms with Crippen molar-refractivity contribution in [2.75, 3.05) is 23.8 Å². The van der Waals surface area contributed by atoms with Crippen LogP contribution in [0.1, 0.15) is 31.4 Å². The second kappa shape index (κ2) is 9.11. The van der Waals surface area contributed by atoms with Gasteiger partial charge in [-0.05, 0) is 49.9 Å². The molecule has 25 heavy (non-hydrogen) atoms. The molecule has 2 N–H and O–H groups in total. The lowest BCUT2D eigenvalue weighted by molar-refractivity contribution is -0.114. The van der Waals surface area contributed by atoms with Crippen molar-refractivity contribution < 1.29 is 9.53 Å². The minimum atomic E-state index is -0.0712. The van der Waals surface area contributed by atoms with E-state index in [1.54, 1.807) is 0 Å². The van der Waals surface area contributed by atoms with Gasteiger partial charge in [0, 0.05) is 17.4 Å². The topological polar surface area (TPSA) is 50.4 Å². The molecule has 134 valence electrons. The van der Waals surface area contributed by atoms with Gasteiger partial charge >= 0.3 is 0 Å². The average molecular weight is 340 g/mol. The van der Waals surface area contributed by atoms with Crippen LogP contribution in [-0.4, -0.2) is 19.1 Å². The minimum absolute atomic E-state index is 0.0712. The highest BCUT2D eigenvalue weighted by atomic mass is 16.5. The van der Waals surface area contributed by atoms with Crippen LogP contribution in [0.2, 0.25) is 0 Å². The van der Waals surface area contributed by atoms with Crippen LogP contribution in [0, 0.1) is 19.8 Å². The molecule has 0 saturated heterocycles. The Morgan fingerprint density at radius 2 is 1.92 bits per heavy atom. The SMILES string of the molecule is Cc1ccc(NC(=O)CNc2cccc(OCCC(C)C)c2)c(C)c1. The second-order valence-corrected chi connectivity index (χ2v) is 6.78. The van der Waals surface area contributed by atoms with Gasteiger partial charge in [-0.2, -0.15) is 0 Å². The Kier molecular flexibility index (Phi) is 6.87. The van der Waals surface area contributed by atoms with E-state index in [9.17, 15) is 4.79 Å². The molecule has 4 heteroatoms. The van der Waals surface area contributed by atoms with Gasteiger partial charge in [0.25, 0.3) is 0 Å². The molecule has 1 amide bonds. The summed E-state index contributed by atoms with van der Waals surface area (Å²) in [6.45, 7) is 9.30. The Morgan fingerprint density at radius 3 is 2.64 bits per heavy atom. The third kappa shape index (κ3) is 6.49. The first kappa shape index (κ1) is 18.8. The van der Waals surface area contributed by atoms with Gasteiger partial charge in [0.1, 0.15) is 5.75 Å². The molecule has 0 aliphatic rings. The molecule has 4 nitrogen and oxygen atoms in total. The molecule has 0 saturated carbocycles. The molecule has 2 rings (SSSR count). The van der Waals surface area contributed by atoms with E-state index in [0.29, 0.717) is 12.5 Å². The first-order chi connectivity index (χ1) is 11.9. The normalized spacial score (nSPS) is 10.6. The molecule has 0 spiro atoms. The second-order valence-electron chi connectivity index (χ2n) is 6.78. The maximum absolute atomic E-state index is 12.1. The van der Waals surface area contributed by atoms with E-state index in [4.69, 9.17) is 4.74 Å². The lowest BCUT2D eigenvalue weighted by Gasteiger charge is -2.12. The molecular formula is C21H28N2O2. The highest BCUT2D eigenvalue weighted by Crippen LogP contribution is 2.19. The van der Waals surface area contributed by atoms with Crippen molar-refractivity contribution in [3.05, 3.63) is 53.6 Å². The number of hydrogen-bond acceptors (Lipinski definition) is 3. The number of nitrogens with one attached hydrogen (secondary N) is 2. The van der Waals surface area contributed by atoms with Gasteiger partial charge in [-0.3, -0.25) is 4.79 Å². The Hall–Kier alpha value is -2.49. The standard InChI is InChI=1S/C21H28N2O2/c1-15(2)10-11-25-19-7-5-6-18(13-19)22-14-21(24)23-20-9-8-16(3)12-17(20)4/h5-9,12-13,15,22H,10-11,14H2,1-4H3,(H,23,24). The van der Waals surface area contributed by atoms with Crippen molar-refractivity contribution in [3.8, 4) is 5.75 Å². The number of ether oxygens (including phenoxy) is 1. The lowest BCUT2D eigenvalue weighted by Crippen LogP contribution is -2.22. The van der Waals surface area contributed by atoms with Crippen LogP contribution in [0.3, 0.4) is 0 Å². The van der Waals surface area contributed by atoms with Crippen molar-refractivity contribution in [2.45, 2.75) is 34.1 Å². The summed E-state index contributed by atoms with van der Waals surface area (Å²) < 4.78 is 5.75. The summed E-state index contributed by atoms with van der Waals surface area (Å²) in [6.07, 6.45) is 1.02. The number of rotatable bonds is 8. The summed E-state index contributed by atoms with van der Waals surface area (Å²) in [6, 6.07) is 13.7. The molecule has 0 radical (unpaired) electrons. The van der Waals surface area contributed by atoms with Gasteiger partial charge in [0.2, 0.25) is 5.91 Å². The van der Waals surface area contributed by atoms with Gasteiger partial charge in [-0.25, -0.2) is 0 Å². The number of carbonyl (C=O) groups excluding carboxylic acids is 1. The third-order valence-corrected chi connectivity index (χ3v) is 3.91. The number of anilines is 2. The van der Waals surface area contributed by atoms with Gasteiger partial charge in [-0.15, -0.1) is 0 Å². The predicted octanol–water partition coefficient (Wildman–Crippen LogP) is 4.78. The van der Waals surface area contributed by atoms with Crippen LogP contribution in [0.5, 0.6) is 5.75 Å². The van der Waals surface area contributed by atoms with E-state index in [1.807, 2.05) is 50.2 Å². The number of carbonyl (C=O) groups is 1. The van der Waals surface area contributed by atoms with Gasteiger partial charge in [-0.1, -0.05) is 37.6 Å². The quantitative estimate of drug-likeness (QED) is 0.727. The molecule has 0 atom stereocenters. The third-order valence-electron chi connectivity index (χ3n) is 3.91. The molecule has 0 aliphatic heterocycles. The van der Waals surface area contributed by atoms with Crippen LogP contribution in [0.25, 0.3) is 0 Å². The molecule has 0 aliphatic carbocycles. The number of aryl methyl sites for hydroxylation is 2. The van der Waals surface area contributed by atoms with Crippen molar-refractivity contribution in [1.82, 2.24) is 0 Å². The molecule has 0 bridgehead atoms. The predicted molar refractivity (Wildman–Crippen MR) is 104 cm³/mol. The molecule has 0 aromatic heterocycles. The molecule has 0 fully saturated rings. The minimum Gasteiger partial charge on any atom is -0.494 e. The van der Waals surface area contributed by atoms with Crippen LogP contribution in [0.15, 0.2) is 42.5 Å². The Balaban J connectivity index is 1.84. The highest BCUT2D eigenvalue weighted by Gasteiger charge is 2.05. The van der Waals surface area contributed by atoms with Gasteiger partial charge < -0.3 is 15.4 Å². The Labute approximate surface area is 150 Å². The summed E-state index contributed by atoms with van der Waals surface area (Å²) >= 11 is 0. The molecule has 2 aromatic carbocycles. The van der Waals surface area contributed by atoms with Crippen LogP contribution in [0.4, 0.5) is 11.4 Å². The first-order valence-electron chi connectivity index (χ1n) is 8.78. The summed E-state index contributed by atoms with van der Waals surface area (Å²) in [5.41, 5.74) is 3.97. The van der Waals surface area contributed by atoms with E-state index < -0.39 is 0 Å². The highest BCUT2D eigenvalue weighted by molar-refractivity contribution is 5.94. The van der Waals surface area contributed by atoms with E-state index in [-0.39, 0.29) is 12.5 Å². The molecule has 0 heterocycles. The fourth-order valence-corrected chi connectivity index (χ4v) is 2.44. The zero-order valence-electron chi connectivity index (χ0n) is 15.6. The first-order valence-corrected chi connectivity index (χ1v) is 8.78. The van der Waals surface area contributed by atoms with E-state index in [2.05, 4.69) is 30.5 Å². The van der Waals surface area contributed by atoms with Crippen LogP contribution in [-0.2, 0) is 4.79 Å². The van der Waals surface area contributed by atoms with Crippen molar-refractivity contribution in [2.24, 2.45) is 5.92 Å². The van der Waals surface area contributed by atoms with Crippen molar-refractivity contribution >= 4 is 17.3 Å². The molecule has 0 unspecified atom stereocenters. The smallest absolute Gasteiger partial charge is 0.243 e. The zero-order chi connectivity index (χ0) is 18.2. The summed E-state index contributed by atoms with van der Waals surface area (Å²) in [7, 11) is 0. The lowest BCUT2D eigenvalue weighted by atomic mass is 10.1. The molecule has 2 aromatic rings. The van der Waals surface area contributed by atoms with Crippen LogP contribution >= 0.6 is 0 Å². The van der Waals surface area contributed by atoms with Crippen LogP contribution < -0.4 is 15.4 Å². The summed E-state index contributed by atoms with van der Waals surface area (Å²) in [4.78, 5) is 12.1. The summed E-state index contributed by atoms with van der Waals surface area (Å²) in [5.74, 6) is 1.37. The zero-order valence-corrected chi connectivity index (χ0v) is 15.6. The van der Waals surface area contributed by atoms with E-state index >= 15 is 0 Å². The maximum atomic E-state index is 12.1. The fraction of sp³-hybridized carbons (Fsp3) is 0.381. The number of benzene rings is 2. The maximum Gasteiger partial charge on any atom is 0.243 e. The monoisotopic (exact) mass is 340 g/mol. The average Bonchev–Trinajstić information content (AvgIpc) is 2.56. The molecular weight excluding hydrogens is 312 g/mol. The Morgan fingerprint density at radius 1 is 1.12 bits per heavy atom. The summed E-state index contributed by atoms with van der Waals surface area (Å²) in [5, 5.41) is 6.08. The fourth-order valence-electron chi connectivity index (χ4n) is 2.44. The van der Waals surface area contributed by atoms with E-state index in [1.165, 1.54) is 5.56 Å².